The smallest absolute Gasteiger partial charge is 0.256 e. The highest BCUT2D eigenvalue weighted by Gasteiger charge is 2.18. The van der Waals surface area contributed by atoms with E-state index in [1.807, 2.05) is 80.6 Å². The second-order valence-corrected chi connectivity index (χ2v) is 5.70. The summed E-state index contributed by atoms with van der Waals surface area (Å²) in [6.45, 7) is 4.43. The molecule has 1 atom stereocenters. The van der Waals surface area contributed by atoms with Gasteiger partial charge >= 0.3 is 0 Å². The number of ether oxygens (including phenoxy) is 1. The summed E-state index contributed by atoms with van der Waals surface area (Å²) in [5.41, 5.74) is 1.67. The van der Waals surface area contributed by atoms with Crippen LogP contribution < -0.4 is 10.1 Å². The van der Waals surface area contributed by atoms with Crippen molar-refractivity contribution in [1.82, 2.24) is 5.32 Å². The molecule has 3 heteroatoms. The molecule has 3 rings (SSSR count). The van der Waals surface area contributed by atoms with Crippen LogP contribution in [0.3, 0.4) is 0 Å². The Morgan fingerprint density at radius 3 is 2.46 bits per heavy atom. The van der Waals surface area contributed by atoms with Gasteiger partial charge in [0.25, 0.3) is 5.91 Å². The molecule has 3 aromatic carbocycles. The monoisotopic (exact) mass is 319 g/mol. The zero-order chi connectivity index (χ0) is 16.9. The van der Waals surface area contributed by atoms with Crippen LogP contribution >= 0.6 is 0 Å². The minimum absolute atomic E-state index is 0.0767. The first kappa shape index (κ1) is 16.1. The Morgan fingerprint density at radius 1 is 1.00 bits per heavy atom. The summed E-state index contributed by atoms with van der Waals surface area (Å²) in [5.74, 6) is 0.501. The average molecular weight is 319 g/mol. The van der Waals surface area contributed by atoms with Crippen molar-refractivity contribution in [2.45, 2.75) is 19.9 Å². The lowest BCUT2D eigenvalue weighted by Gasteiger charge is -2.17. The Balaban J connectivity index is 1.97. The molecule has 0 bridgehead atoms. The van der Waals surface area contributed by atoms with Gasteiger partial charge in [0.1, 0.15) is 5.75 Å². The molecule has 0 fully saturated rings. The molecule has 0 aliphatic heterocycles. The summed E-state index contributed by atoms with van der Waals surface area (Å²) in [6.07, 6.45) is 0. The van der Waals surface area contributed by atoms with E-state index in [0.29, 0.717) is 17.9 Å². The number of benzene rings is 3. The topological polar surface area (TPSA) is 38.3 Å². The minimum Gasteiger partial charge on any atom is -0.493 e. The average Bonchev–Trinajstić information content (AvgIpc) is 2.62. The summed E-state index contributed by atoms with van der Waals surface area (Å²) in [5, 5.41) is 5.01. The van der Waals surface area contributed by atoms with Gasteiger partial charge < -0.3 is 10.1 Å². The highest BCUT2D eigenvalue weighted by atomic mass is 16.5. The number of amides is 1. The van der Waals surface area contributed by atoms with Gasteiger partial charge in [-0.1, -0.05) is 60.7 Å². The third-order valence-electron chi connectivity index (χ3n) is 4.06. The number of rotatable bonds is 5. The van der Waals surface area contributed by atoms with Gasteiger partial charge in [-0.25, -0.2) is 0 Å². The van der Waals surface area contributed by atoms with Crippen molar-refractivity contribution < 1.29 is 9.53 Å². The zero-order valence-corrected chi connectivity index (χ0v) is 14.0. The van der Waals surface area contributed by atoms with Crippen molar-refractivity contribution in [3.63, 3.8) is 0 Å². The van der Waals surface area contributed by atoms with Crippen LogP contribution in [0.2, 0.25) is 0 Å². The summed E-state index contributed by atoms with van der Waals surface area (Å²) in [7, 11) is 0. The lowest BCUT2D eigenvalue weighted by atomic mass is 10.0. The summed E-state index contributed by atoms with van der Waals surface area (Å²) >= 11 is 0. The van der Waals surface area contributed by atoms with Gasteiger partial charge in [0.2, 0.25) is 0 Å². The maximum Gasteiger partial charge on any atom is 0.256 e. The third-order valence-corrected chi connectivity index (χ3v) is 4.06. The van der Waals surface area contributed by atoms with E-state index in [1.165, 1.54) is 0 Å². The second kappa shape index (κ2) is 7.18. The van der Waals surface area contributed by atoms with Crippen LogP contribution in [0.4, 0.5) is 0 Å². The number of carbonyl (C=O) groups excluding carboxylic acids is 1. The van der Waals surface area contributed by atoms with Crippen molar-refractivity contribution in [3.8, 4) is 5.75 Å². The lowest BCUT2D eigenvalue weighted by Crippen LogP contribution is -2.27. The zero-order valence-electron chi connectivity index (χ0n) is 14.0. The SMILES string of the molecule is CCOc1ccc2ccccc2c1C(=O)NC(C)c1ccccc1. The molecular formula is C21H21NO2. The number of hydrogen-bond acceptors (Lipinski definition) is 2. The Morgan fingerprint density at radius 2 is 1.71 bits per heavy atom. The van der Waals surface area contributed by atoms with Crippen LogP contribution in [-0.4, -0.2) is 12.5 Å². The van der Waals surface area contributed by atoms with E-state index < -0.39 is 0 Å². The Kier molecular flexibility index (Phi) is 4.80. The van der Waals surface area contributed by atoms with E-state index in [1.54, 1.807) is 0 Å². The first-order valence-corrected chi connectivity index (χ1v) is 8.21. The Bertz CT molecular complexity index is 843. The maximum absolute atomic E-state index is 12.9. The highest BCUT2D eigenvalue weighted by Crippen LogP contribution is 2.29. The maximum atomic E-state index is 12.9. The van der Waals surface area contributed by atoms with Crippen molar-refractivity contribution in [3.05, 3.63) is 77.9 Å². The Hall–Kier alpha value is -2.81. The molecule has 1 N–H and O–H groups in total. The van der Waals surface area contributed by atoms with Gasteiger partial charge in [0.05, 0.1) is 18.2 Å². The Labute approximate surface area is 142 Å². The molecule has 1 amide bonds. The molecule has 0 aliphatic rings. The molecule has 0 spiro atoms. The predicted molar refractivity (Wildman–Crippen MR) is 97.4 cm³/mol. The summed E-state index contributed by atoms with van der Waals surface area (Å²) in [6, 6.07) is 21.6. The molecular weight excluding hydrogens is 298 g/mol. The fraction of sp³-hybridized carbons (Fsp3) is 0.190. The summed E-state index contributed by atoms with van der Waals surface area (Å²) in [4.78, 5) is 12.9. The molecule has 0 aliphatic carbocycles. The van der Waals surface area contributed by atoms with Crippen molar-refractivity contribution in [1.29, 1.82) is 0 Å². The van der Waals surface area contributed by atoms with Gasteiger partial charge in [-0.2, -0.15) is 0 Å². The van der Waals surface area contributed by atoms with Crippen molar-refractivity contribution >= 4 is 16.7 Å². The standard InChI is InChI=1S/C21H21NO2/c1-3-24-19-14-13-17-11-7-8-12-18(17)20(19)21(23)22-15(2)16-9-5-4-6-10-16/h4-15H,3H2,1-2H3,(H,22,23). The third kappa shape index (κ3) is 3.25. The molecule has 0 saturated heterocycles. The van der Waals surface area contributed by atoms with Crippen LogP contribution in [0.15, 0.2) is 66.7 Å². The van der Waals surface area contributed by atoms with E-state index >= 15 is 0 Å². The number of nitrogens with one attached hydrogen (secondary N) is 1. The quantitative estimate of drug-likeness (QED) is 0.738. The normalized spacial score (nSPS) is 11.9. The molecule has 0 radical (unpaired) electrons. The number of fused-ring (bicyclic) bond motifs is 1. The van der Waals surface area contributed by atoms with Gasteiger partial charge in [-0.05, 0) is 36.2 Å². The van der Waals surface area contributed by atoms with E-state index in [9.17, 15) is 4.79 Å². The van der Waals surface area contributed by atoms with E-state index in [2.05, 4.69) is 5.32 Å². The minimum atomic E-state index is -0.119. The van der Waals surface area contributed by atoms with Crippen LogP contribution in [-0.2, 0) is 0 Å². The molecule has 122 valence electrons. The predicted octanol–water partition coefficient (Wildman–Crippen LogP) is 4.73. The molecule has 3 aromatic rings. The van der Waals surface area contributed by atoms with Crippen molar-refractivity contribution in [2.24, 2.45) is 0 Å². The van der Waals surface area contributed by atoms with Gasteiger partial charge in [0, 0.05) is 0 Å². The second-order valence-electron chi connectivity index (χ2n) is 5.70. The van der Waals surface area contributed by atoms with Crippen molar-refractivity contribution in [2.75, 3.05) is 6.61 Å². The summed E-state index contributed by atoms with van der Waals surface area (Å²) < 4.78 is 5.69. The van der Waals surface area contributed by atoms with E-state index in [0.717, 1.165) is 16.3 Å². The van der Waals surface area contributed by atoms with Gasteiger partial charge in [-0.15, -0.1) is 0 Å². The lowest BCUT2D eigenvalue weighted by molar-refractivity contribution is 0.0938. The fourth-order valence-electron chi connectivity index (χ4n) is 2.86. The molecule has 1 unspecified atom stereocenters. The fourth-order valence-corrected chi connectivity index (χ4v) is 2.86. The highest BCUT2D eigenvalue weighted by molar-refractivity contribution is 6.09. The molecule has 24 heavy (non-hydrogen) atoms. The molecule has 0 saturated carbocycles. The molecule has 0 aromatic heterocycles. The van der Waals surface area contributed by atoms with Crippen LogP contribution in [0.1, 0.15) is 35.8 Å². The number of carbonyl (C=O) groups is 1. The molecule has 3 nitrogen and oxygen atoms in total. The van der Waals surface area contributed by atoms with Crippen LogP contribution in [0.5, 0.6) is 5.75 Å². The largest absolute Gasteiger partial charge is 0.493 e. The van der Waals surface area contributed by atoms with Gasteiger partial charge in [-0.3, -0.25) is 4.79 Å². The first-order chi connectivity index (χ1) is 11.7. The van der Waals surface area contributed by atoms with Crippen LogP contribution in [0, 0.1) is 0 Å². The van der Waals surface area contributed by atoms with Gasteiger partial charge in [0.15, 0.2) is 0 Å². The molecule has 0 heterocycles. The first-order valence-electron chi connectivity index (χ1n) is 8.21. The number of hydrogen-bond donors (Lipinski definition) is 1. The van der Waals surface area contributed by atoms with Crippen LogP contribution in [0.25, 0.3) is 10.8 Å². The van der Waals surface area contributed by atoms with E-state index in [-0.39, 0.29) is 11.9 Å². The van der Waals surface area contributed by atoms with E-state index in [4.69, 9.17) is 4.74 Å².